The van der Waals surface area contributed by atoms with E-state index in [4.69, 9.17) is 0 Å². The van der Waals surface area contributed by atoms with Crippen molar-refractivity contribution >= 4 is 40.3 Å². The second-order valence-electron chi connectivity index (χ2n) is 5.03. The van der Waals surface area contributed by atoms with Crippen LogP contribution in [0.15, 0.2) is 52.0 Å². The number of aryl methyl sites for hydroxylation is 1. The zero-order valence-electron chi connectivity index (χ0n) is 12.8. The maximum Gasteiger partial charge on any atom is 0.266 e. The van der Waals surface area contributed by atoms with Crippen LogP contribution in [0.3, 0.4) is 0 Å². The molecule has 0 bridgehead atoms. The average Bonchev–Trinajstić information content (AvgIpc) is 3.25. The summed E-state index contributed by atoms with van der Waals surface area (Å²) in [5.41, 5.74) is 3.32. The molecule has 2 aromatic heterocycles. The normalized spacial score (nSPS) is 11.1. The molecule has 0 spiro atoms. The third-order valence-corrected chi connectivity index (χ3v) is 4.93. The topological polar surface area (TPSA) is 65.8 Å². The van der Waals surface area contributed by atoms with Gasteiger partial charge in [0.25, 0.3) is 5.91 Å². The highest BCUT2D eigenvalue weighted by molar-refractivity contribution is 7.14. The second kappa shape index (κ2) is 7.21. The van der Waals surface area contributed by atoms with E-state index >= 15 is 0 Å². The Hall–Kier alpha value is -2.75. The summed E-state index contributed by atoms with van der Waals surface area (Å²) in [6.07, 6.45) is 1.51. The number of amides is 1. The first-order valence-corrected chi connectivity index (χ1v) is 8.96. The van der Waals surface area contributed by atoms with Crippen molar-refractivity contribution in [1.29, 1.82) is 5.26 Å². The zero-order valence-corrected chi connectivity index (χ0v) is 14.4. The summed E-state index contributed by atoms with van der Waals surface area (Å²) in [5, 5.41) is 18.8. The van der Waals surface area contributed by atoms with E-state index in [9.17, 15) is 10.1 Å². The van der Waals surface area contributed by atoms with Gasteiger partial charge in [-0.15, -0.1) is 11.3 Å². The number of anilines is 1. The highest BCUT2D eigenvalue weighted by atomic mass is 32.1. The summed E-state index contributed by atoms with van der Waals surface area (Å²) < 4.78 is 0. The molecule has 4 nitrogen and oxygen atoms in total. The number of nitriles is 1. The number of thiazole rings is 1. The van der Waals surface area contributed by atoms with E-state index in [1.165, 1.54) is 17.4 Å². The molecule has 6 heteroatoms. The number of benzene rings is 1. The van der Waals surface area contributed by atoms with E-state index in [0.29, 0.717) is 11.4 Å². The van der Waals surface area contributed by atoms with Gasteiger partial charge in [-0.2, -0.15) is 16.6 Å². The molecule has 1 aromatic carbocycles. The first-order valence-electron chi connectivity index (χ1n) is 7.14. The minimum atomic E-state index is -0.433. The lowest BCUT2D eigenvalue weighted by Crippen LogP contribution is -2.14. The van der Waals surface area contributed by atoms with E-state index < -0.39 is 5.91 Å². The number of hydrogen-bond donors (Lipinski definition) is 1. The van der Waals surface area contributed by atoms with Gasteiger partial charge < -0.3 is 5.32 Å². The third-order valence-electron chi connectivity index (χ3n) is 3.34. The number of thiophene rings is 1. The summed E-state index contributed by atoms with van der Waals surface area (Å²) in [6, 6.07) is 11.4. The average molecular weight is 351 g/mol. The molecule has 0 fully saturated rings. The molecular weight excluding hydrogens is 338 g/mol. The molecule has 0 aliphatic rings. The Balaban J connectivity index is 1.81. The molecular formula is C18H13N3OS2. The second-order valence-corrected chi connectivity index (χ2v) is 6.67. The van der Waals surface area contributed by atoms with Crippen LogP contribution in [0.1, 0.15) is 11.3 Å². The van der Waals surface area contributed by atoms with Gasteiger partial charge in [-0.25, -0.2) is 4.98 Å². The molecule has 0 saturated carbocycles. The van der Waals surface area contributed by atoms with Crippen LogP contribution >= 0.6 is 22.7 Å². The predicted octanol–water partition coefficient (Wildman–Crippen LogP) is 4.73. The quantitative estimate of drug-likeness (QED) is 0.546. The highest BCUT2D eigenvalue weighted by Crippen LogP contribution is 2.26. The van der Waals surface area contributed by atoms with Gasteiger partial charge in [-0.05, 0) is 36.1 Å². The molecule has 0 atom stereocenters. The maximum absolute atomic E-state index is 12.3. The maximum atomic E-state index is 12.3. The summed E-state index contributed by atoms with van der Waals surface area (Å²) in [4.78, 5) is 16.8. The van der Waals surface area contributed by atoms with E-state index in [-0.39, 0.29) is 5.57 Å². The molecule has 24 heavy (non-hydrogen) atoms. The molecule has 0 aliphatic carbocycles. The number of hydrogen-bond acceptors (Lipinski definition) is 5. The van der Waals surface area contributed by atoms with Gasteiger partial charge in [0.1, 0.15) is 16.6 Å². The first kappa shape index (κ1) is 16.1. The molecule has 0 aliphatic heterocycles. The van der Waals surface area contributed by atoms with Gasteiger partial charge in [-0.1, -0.05) is 18.2 Å². The van der Waals surface area contributed by atoms with Crippen LogP contribution in [0.4, 0.5) is 5.69 Å². The van der Waals surface area contributed by atoms with Crippen molar-refractivity contribution in [2.24, 2.45) is 0 Å². The number of carbonyl (C=O) groups excluding carboxylic acids is 1. The molecule has 1 N–H and O–H groups in total. The van der Waals surface area contributed by atoms with Gasteiger partial charge in [0.2, 0.25) is 0 Å². The van der Waals surface area contributed by atoms with Crippen LogP contribution in [-0.4, -0.2) is 10.9 Å². The Bertz CT molecular complexity index is 933. The van der Waals surface area contributed by atoms with Crippen molar-refractivity contribution in [3.8, 4) is 16.6 Å². The van der Waals surface area contributed by atoms with Crippen LogP contribution in [0.2, 0.25) is 0 Å². The molecule has 0 unspecified atom stereocenters. The lowest BCUT2D eigenvalue weighted by molar-refractivity contribution is -0.112. The number of rotatable bonds is 4. The van der Waals surface area contributed by atoms with Crippen molar-refractivity contribution in [3.63, 3.8) is 0 Å². The Morgan fingerprint density at radius 2 is 2.12 bits per heavy atom. The van der Waals surface area contributed by atoms with Crippen molar-refractivity contribution in [1.82, 2.24) is 4.98 Å². The molecule has 1 amide bonds. The van der Waals surface area contributed by atoms with E-state index in [1.807, 2.05) is 53.4 Å². The largest absolute Gasteiger partial charge is 0.321 e. The first-order chi connectivity index (χ1) is 11.7. The third kappa shape index (κ3) is 3.59. The summed E-state index contributed by atoms with van der Waals surface area (Å²) >= 11 is 3.09. The smallest absolute Gasteiger partial charge is 0.266 e. The van der Waals surface area contributed by atoms with Crippen LogP contribution in [0, 0.1) is 18.3 Å². The van der Waals surface area contributed by atoms with Crippen LogP contribution in [0.25, 0.3) is 16.6 Å². The number of aromatic nitrogens is 1. The van der Waals surface area contributed by atoms with E-state index in [1.54, 1.807) is 17.4 Å². The summed E-state index contributed by atoms with van der Waals surface area (Å²) in [7, 11) is 0. The fraction of sp³-hybridized carbons (Fsp3) is 0.0556. The molecule has 3 rings (SSSR count). The minimum Gasteiger partial charge on any atom is -0.321 e. The van der Waals surface area contributed by atoms with Crippen molar-refractivity contribution < 1.29 is 4.79 Å². The van der Waals surface area contributed by atoms with Gasteiger partial charge in [0, 0.05) is 22.0 Å². The van der Waals surface area contributed by atoms with Gasteiger partial charge in [-0.3, -0.25) is 4.79 Å². The fourth-order valence-corrected chi connectivity index (χ4v) is 3.56. The standard InChI is InChI=1S/C18H13N3OS2/c1-12-4-2-3-5-16(12)21-17(22)14(9-19)8-15-11-24-18(20-15)13-6-7-23-10-13/h2-8,10-11H,1H3,(H,21,22)/b14-8-. The predicted molar refractivity (Wildman–Crippen MR) is 98.8 cm³/mol. The van der Waals surface area contributed by atoms with Gasteiger partial charge in [0.15, 0.2) is 0 Å². The number of carbonyl (C=O) groups is 1. The lowest BCUT2D eigenvalue weighted by Gasteiger charge is -2.06. The Morgan fingerprint density at radius 3 is 2.83 bits per heavy atom. The zero-order chi connectivity index (χ0) is 16.9. The van der Waals surface area contributed by atoms with Crippen LogP contribution in [-0.2, 0) is 4.79 Å². The number of nitrogens with one attached hydrogen (secondary N) is 1. The molecule has 3 aromatic rings. The number of nitrogens with zero attached hydrogens (tertiary/aromatic N) is 2. The van der Waals surface area contributed by atoms with Crippen molar-refractivity contribution in [2.45, 2.75) is 6.92 Å². The highest BCUT2D eigenvalue weighted by Gasteiger charge is 2.12. The Labute approximate surface area is 147 Å². The Morgan fingerprint density at radius 1 is 1.29 bits per heavy atom. The van der Waals surface area contributed by atoms with Crippen LogP contribution < -0.4 is 5.32 Å². The monoisotopic (exact) mass is 351 g/mol. The summed E-state index contributed by atoms with van der Waals surface area (Å²) in [5.74, 6) is -0.433. The Kier molecular flexibility index (Phi) is 4.85. The van der Waals surface area contributed by atoms with E-state index in [2.05, 4.69) is 10.3 Å². The lowest BCUT2D eigenvalue weighted by atomic mass is 10.1. The molecule has 2 heterocycles. The van der Waals surface area contributed by atoms with Crippen molar-refractivity contribution in [3.05, 3.63) is 63.3 Å². The van der Waals surface area contributed by atoms with Crippen molar-refractivity contribution in [2.75, 3.05) is 5.32 Å². The fourth-order valence-electron chi connectivity index (χ4n) is 2.07. The van der Waals surface area contributed by atoms with Crippen LogP contribution in [0.5, 0.6) is 0 Å². The SMILES string of the molecule is Cc1ccccc1NC(=O)/C(C#N)=C\c1csc(-c2ccsc2)n1. The summed E-state index contributed by atoms with van der Waals surface area (Å²) in [6.45, 7) is 1.90. The van der Waals surface area contributed by atoms with Gasteiger partial charge >= 0.3 is 0 Å². The molecule has 0 radical (unpaired) electrons. The number of para-hydroxylation sites is 1. The van der Waals surface area contributed by atoms with E-state index in [0.717, 1.165) is 16.1 Å². The van der Waals surface area contributed by atoms with Gasteiger partial charge in [0.05, 0.1) is 5.69 Å². The molecule has 118 valence electrons. The molecule has 0 saturated heterocycles. The minimum absolute atomic E-state index is 0.0282.